The van der Waals surface area contributed by atoms with Gasteiger partial charge in [-0.15, -0.1) is 0 Å². The number of anilines is 1. The van der Waals surface area contributed by atoms with Gasteiger partial charge in [0, 0.05) is 76.0 Å². The molecule has 6 aliphatic rings. The molecule has 6 atom stereocenters. The topological polar surface area (TPSA) is 110 Å². The van der Waals surface area contributed by atoms with Gasteiger partial charge in [-0.3, -0.25) is 14.6 Å². The monoisotopic (exact) mass is 796 g/mol. The Morgan fingerprint density at radius 2 is 1.87 bits per heavy atom. The zero-order valence-corrected chi connectivity index (χ0v) is 34.1. The quantitative estimate of drug-likeness (QED) is 0.406. The molecule has 8 rings (SSSR count). The Bertz CT molecular complexity index is 1870. The number of nitrogens with one attached hydrogen (secondary N) is 1. The van der Waals surface area contributed by atoms with Crippen molar-refractivity contribution in [2.75, 3.05) is 91.4 Å². The van der Waals surface area contributed by atoms with E-state index in [-0.39, 0.29) is 29.4 Å². The number of ether oxygens (including phenoxy) is 4. The minimum absolute atomic E-state index is 0.0331. The lowest BCUT2D eigenvalue weighted by Gasteiger charge is -2.52. The van der Waals surface area contributed by atoms with Crippen molar-refractivity contribution in [1.82, 2.24) is 14.5 Å². The Balaban J connectivity index is 1.18. The van der Waals surface area contributed by atoms with Crippen LogP contribution in [0.1, 0.15) is 60.5 Å². The second-order valence-corrected chi connectivity index (χ2v) is 19.3. The molecule has 4 aliphatic heterocycles. The fourth-order valence-corrected chi connectivity index (χ4v) is 12.0. The third kappa shape index (κ3) is 7.69. The second kappa shape index (κ2) is 15.9. The number of amides is 1. The van der Waals surface area contributed by atoms with Crippen LogP contribution in [0.5, 0.6) is 5.75 Å². The van der Waals surface area contributed by atoms with E-state index < -0.39 is 26.8 Å². The number of piperazine rings is 1. The molecule has 2 aromatic carbocycles. The van der Waals surface area contributed by atoms with Crippen LogP contribution in [-0.4, -0.2) is 127 Å². The van der Waals surface area contributed by atoms with Crippen LogP contribution in [0.2, 0.25) is 5.02 Å². The third-order valence-electron chi connectivity index (χ3n) is 13.7. The van der Waals surface area contributed by atoms with Crippen LogP contribution in [-0.2, 0) is 36.1 Å². The van der Waals surface area contributed by atoms with Crippen LogP contribution in [0.3, 0.4) is 0 Å². The number of hydrogen-bond donors (Lipinski definition) is 1. The molecule has 11 nitrogen and oxygen atoms in total. The number of nitrogens with zero attached hydrogens (tertiary/aromatic N) is 3. The van der Waals surface area contributed by atoms with Crippen LogP contribution in [0.4, 0.5) is 5.69 Å². The zero-order valence-electron chi connectivity index (χ0n) is 32.5. The molecule has 1 saturated carbocycles. The maximum Gasteiger partial charge on any atom is 0.264 e. The average molecular weight is 797 g/mol. The summed E-state index contributed by atoms with van der Waals surface area (Å²) < 4.78 is 54.6. The van der Waals surface area contributed by atoms with Gasteiger partial charge in [-0.1, -0.05) is 36.7 Å². The molecule has 2 aliphatic carbocycles. The minimum Gasteiger partial charge on any atom is -0.490 e. The molecule has 300 valence electrons. The van der Waals surface area contributed by atoms with Crippen molar-refractivity contribution >= 4 is 33.2 Å². The standard InChI is InChI=1S/C42H57ClN4O7S/c1-29-6-4-15-42(52-3,27-45-16-18-46(19-17-45)34-23-53-24-34)36-11-8-32(36)22-47-26-41(14-5-7-30-20-33(43)10-12-35(30)41)28-54-38-13-9-31(21-37(38)47)40(48)44-55(49,50)39(29)25-51-2/h4,9-10,12-13,15,20-21,29,32,34,36,39H,5-8,11,14,16-19,22-28H2,1-3H3,(H,44,48)/b15-4+/t29-,32-,36+,39+,41-,42+/m0/s1. The summed E-state index contributed by atoms with van der Waals surface area (Å²) in [7, 11) is -0.762. The van der Waals surface area contributed by atoms with Gasteiger partial charge in [0.25, 0.3) is 5.91 Å². The van der Waals surface area contributed by atoms with E-state index in [1.54, 1.807) is 6.07 Å². The molecule has 13 heteroatoms. The first-order chi connectivity index (χ1) is 26.5. The van der Waals surface area contributed by atoms with E-state index in [0.29, 0.717) is 37.3 Å². The van der Waals surface area contributed by atoms with E-state index in [0.717, 1.165) is 95.3 Å². The molecule has 1 amide bonds. The maximum atomic E-state index is 13.9. The number of allylic oxidation sites excluding steroid dienone is 1. The van der Waals surface area contributed by atoms with E-state index in [1.165, 1.54) is 18.2 Å². The van der Waals surface area contributed by atoms with Gasteiger partial charge in [0.05, 0.1) is 38.2 Å². The largest absolute Gasteiger partial charge is 0.490 e. The van der Waals surface area contributed by atoms with Gasteiger partial charge in [0.2, 0.25) is 10.0 Å². The second-order valence-electron chi connectivity index (χ2n) is 17.0. The Morgan fingerprint density at radius 3 is 2.58 bits per heavy atom. The Hall–Kier alpha value is -2.71. The van der Waals surface area contributed by atoms with Crippen molar-refractivity contribution in [2.24, 2.45) is 17.8 Å². The molecular formula is C42H57ClN4O7S. The first-order valence-corrected chi connectivity index (χ1v) is 22.1. The highest BCUT2D eigenvalue weighted by molar-refractivity contribution is 7.90. The summed E-state index contributed by atoms with van der Waals surface area (Å²) in [6, 6.07) is 12.1. The van der Waals surface area contributed by atoms with Crippen molar-refractivity contribution in [1.29, 1.82) is 0 Å². The fourth-order valence-electron chi connectivity index (χ4n) is 10.2. The number of carbonyl (C=O) groups excluding carboxylic acids is 1. The van der Waals surface area contributed by atoms with Crippen molar-refractivity contribution in [2.45, 2.75) is 67.8 Å². The third-order valence-corrected chi connectivity index (χ3v) is 15.8. The molecule has 3 fully saturated rings. The molecule has 4 heterocycles. The summed E-state index contributed by atoms with van der Waals surface area (Å²) in [6.45, 7) is 10.2. The number of halogens is 1. The van der Waals surface area contributed by atoms with Gasteiger partial charge in [-0.2, -0.15) is 0 Å². The number of benzene rings is 2. The maximum absolute atomic E-state index is 13.9. The van der Waals surface area contributed by atoms with Gasteiger partial charge >= 0.3 is 0 Å². The van der Waals surface area contributed by atoms with Crippen LogP contribution >= 0.6 is 11.6 Å². The highest BCUT2D eigenvalue weighted by Gasteiger charge is 2.50. The first kappa shape index (κ1) is 39.1. The lowest BCUT2D eigenvalue weighted by Crippen LogP contribution is -2.61. The number of aryl methyl sites for hydroxylation is 1. The smallest absolute Gasteiger partial charge is 0.264 e. The summed E-state index contributed by atoms with van der Waals surface area (Å²) in [5.74, 6) is 0.280. The van der Waals surface area contributed by atoms with Crippen LogP contribution in [0.25, 0.3) is 0 Å². The van der Waals surface area contributed by atoms with Crippen molar-refractivity contribution < 1.29 is 32.2 Å². The van der Waals surface area contributed by atoms with Crippen LogP contribution in [0, 0.1) is 17.8 Å². The number of sulfonamides is 1. The van der Waals surface area contributed by atoms with E-state index in [1.807, 2.05) is 32.2 Å². The van der Waals surface area contributed by atoms with Gasteiger partial charge in [0.15, 0.2) is 0 Å². The Morgan fingerprint density at radius 1 is 1.05 bits per heavy atom. The molecule has 2 aromatic rings. The number of rotatable bonds is 6. The molecule has 1 N–H and O–H groups in total. The van der Waals surface area contributed by atoms with Gasteiger partial charge < -0.3 is 23.8 Å². The van der Waals surface area contributed by atoms with E-state index in [9.17, 15) is 13.2 Å². The van der Waals surface area contributed by atoms with E-state index >= 15 is 0 Å². The highest BCUT2D eigenvalue weighted by Crippen LogP contribution is 2.49. The summed E-state index contributed by atoms with van der Waals surface area (Å²) in [5.41, 5.74) is 2.79. The molecule has 0 radical (unpaired) electrons. The fraction of sp³-hybridized carbons (Fsp3) is 0.643. The molecule has 2 saturated heterocycles. The van der Waals surface area contributed by atoms with E-state index in [4.69, 9.17) is 30.5 Å². The molecule has 55 heavy (non-hydrogen) atoms. The summed E-state index contributed by atoms with van der Waals surface area (Å²) in [4.78, 5) is 21.3. The average Bonchev–Trinajstić information content (AvgIpc) is 3.28. The molecule has 0 aromatic heterocycles. The van der Waals surface area contributed by atoms with E-state index in [2.05, 4.69) is 43.7 Å². The SMILES string of the molecule is COC[C@@H]1[C@@H](C)C/C=C/[C@](CN2CCN(C3COC3)CC2)(OC)[C@@H]2CC[C@H]2CN2C[C@@]3(CCCc4cc(Cl)ccc43)COc3ccc(cc32)C(=O)NS1(=O)=O. The normalized spacial score (nSPS) is 33.6. The van der Waals surface area contributed by atoms with Crippen LogP contribution < -0.4 is 14.4 Å². The molecule has 1 spiro atoms. The van der Waals surface area contributed by atoms with Crippen molar-refractivity contribution in [3.05, 3.63) is 70.3 Å². The first-order valence-electron chi connectivity index (χ1n) is 20.2. The summed E-state index contributed by atoms with van der Waals surface area (Å²) >= 11 is 6.52. The lowest BCUT2D eigenvalue weighted by atomic mass is 9.63. The number of hydrogen-bond acceptors (Lipinski definition) is 10. The van der Waals surface area contributed by atoms with Crippen LogP contribution in [0.15, 0.2) is 48.6 Å². The van der Waals surface area contributed by atoms with Crippen molar-refractivity contribution in [3.63, 3.8) is 0 Å². The molecule has 2 bridgehead atoms. The number of methoxy groups -OCH3 is 2. The van der Waals surface area contributed by atoms with Crippen molar-refractivity contribution in [3.8, 4) is 5.75 Å². The number of fused-ring (bicyclic) bond motifs is 4. The molecular weight excluding hydrogens is 740 g/mol. The van der Waals surface area contributed by atoms with Gasteiger partial charge in [-0.25, -0.2) is 13.1 Å². The van der Waals surface area contributed by atoms with Gasteiger partial charge in [0.1, 0.15) is 16.6 Å². The summed E-state index contributed by atoms with van der Waals surface area (Å²) in [5, 5.41) is -0.192. The highest BCUT2D eigenvalue weighted by atomic mass is 35.5. The zero-order chi connectivity index (χ0) is 38.4. The predicted octanol–water partition coefficient (Wildman–Crippen LogP) is 4.91. The Kier molecular flexibility index (Phi) is 11.3. The minimum atomic E-state index is -4.10. The lowest BCUT2D eigenvalue weighted by molar-refractivity contribution is -0.107. The summed E-state index contributed by atoms with van der Waals surface area (Å²) in [6.07, 6.45) is 9.93. The molecule has 0 unspecified atom stereocenters. The predicted molar refractivity (Wildman–Crippen MR) is 214 cm³/mol. The van der Waals surface area contributed by atoms with Gasteiger partial charge in [-0.05, 0) is 97.7 Å². The Labute approximate surface area is 331 Å². The number of carbonyl (C=O) groups is 1.